The minimum atomic E-state index is -0.174. The third kappa shape index (κ3) is 3.30. The van der Waals surface area contributed by atoms with E-state index in [-0.39, 0.29) is 30.4 Å². The second kappa shape index (κ2) is 6.84. The number of likely N-dealkylation sites (tertiary alicyclic amines) is 1. The number of carbonyl (C=O) groups is 2. The Balaban J connectivity index is 1.74. The van der Waals surface area contributed by atoms with Gasteiger partial charge in [-0.05, 0) is 31.5 Å². The van der Waals surface area contributed by atoms with Crippen LogP contribution >= 0.6 is 0 Å². The SMILES string of the molecule is Cc1cc([C@@H]2C[C@@H](NC(=O)c3ccccc3)CN2C(=O)CN)n[nH]1. The average Bonchev–Trinajstić information content (AvgIpc) is 3.21. The highest BCUT2D eigenvalue weighted by Crippen LogP contribution is 2.31. The quantitative estimate of drug-likeness (QED) is 0.770. The van der Waals surface area contributed by atoms with Crippen LogP contribution in [0.25, 0.3) is 0 Å². The van der Waals surface area contributed by atoms with Crippen molar-refractivity contribution in [1.29, 1.82) is 0 Å². The van der Waals surface area contributed by atoms with E-state index >= 15 is 0 Å². The minimum Gasteiger partial charge on any atom is -0.347 e. The van der Waals surface area contributed by atoms with E-state index in [0.717, 1.165) is 11.4 Å². The Morgan fingerprint density at radius 1 is 1.38 bits per heavy atom. The Labute approximate surface area is 140 Å². The standard InChI is InChI=1S/C17H21N5O2/c1-11-7-14(21-20-11)15-8-13(10-22(15)16(23)9-18)19-17(24)12-5-3-2-4-6-12/h2-7,13,15H,8-10,18H2,1H3,(H,19,24)(H,20,21)/t13-,15+/m1/s1. The third-order valence-corrected chi connectivity index (χ3v) is 4.23. The van der Waals surface area contributed by atoms with Gasteiger partial charge in [-0.1, -0.05) is 18.2 Å². The summed E-state index contributed by atoms with van der Waals surface area (Å²) in [5.74, 6) is -0.281. The van der Waals surface area contributed by atoms with E-state index < -0.39 is 0 Å². The maximum Gasteiger partial charge on any atom is 0.251 e. The molecule has 1 aromatic carbocycles. The van der Waals surface area contributed by atoms with Crippen molar-refractivity contribution in [3.05, 3.63) is 53.3 Å². The maximum absolute atomic E-state index is 12.3. The monoisotopic (exact) mass is 327 g/mol. The first-order valence-electron chi connectivity index (χ1n) is 7.96. The number of aromatic nitrogens is 2. The number of hydrogen-bond donors (Lipinski definition) is 3. The molecule has 2 aromatic rings. The molecule has 2 atom stereocenters. The molecule has 0 spiro atoms. The molecular weight excluding hydrogens is 306 g/mol. The fourth-order valence-electron chi connectivity index (χ4n) is 3.08. The second-order valence-electron chi connectivity index (χ2n) is 6.01. The third-order valence-electron chi connectivity index (χ3n) is 4.23. The lowest BCUT2D eigenvalue weighted by Gasteiger charge is -2.22. The van der Waals surface area contributed by atoms with Crippen molar-refractivity contribution < 1.29 is 9.59 Å². The number of amides is 2. The van der Waals surface area contributed by atoms with Gasteiger partial charge in [-0.2, -0.15) is 5.10 Å². The molecule has 0 unspecified atom stereocenters. The molecule has 7 heteroatoms. The summed E-state index contributed by atoms with van der Waals surface area (Å²) < 4.78 is 0. The zero-order chi connectivity index (χ0) is 17.1. The van der Waals surface area contributed by atoms with Gasteiger partial charge in [0.1, 0.15) is 0 Å². The van der Waals surface area contributed by atoms with E-state index in [1.54, 1.807) is 17.0 Å². The molecule has 7 nitrogen and oxygen atoms in total. The Bertz CT molecular complexity index is 728. The topological polar surface area (TPSA) is 104 Å². The van der Waals surface area contributed by atoms with E-state index in [4.69, 9.17) is 5.73 Å². The van der Waals surface area contributed by atoms with Crippen LogP contribution in [0.2, 0.25) is 0 Å². The molecule has 1 aromatic heterocycles. The predicted molar refractivity (Wildman–Crippen MR) is 89.1 cm³/mol. The van der Waals surface area contributed by atoms with E-state index in [9.17, 15) is 9.59 Å². The van der Waals surface area contributed by atoms with Gasteiger partial charge in [0.2, 0.25) is 5.91 Å². The molecule has 1 aliphatic heterocycles. The van der Waals surface area contributed by atoms with Crippen molar-refractivity contribution >= 4 is 11.8 Å². The summed E-state index contributed by atoms with van der Waals surface area (Å²) in [4.78, 5) is 26.2. The molecule has 0 saturated carbocycles. The highest BCUT2D eigenvalue weighted by Gasteiger charge is 2.37. The van der Waals surface area contributed by atoms with Gasteiger partial charge in [0.25, 0.3) is 5.91 Å². The number of benzene rings is 1. The summed E-state index contributed by atoms with van der Waals surface area (Å²) >= 11 is 0. The number of hydrogen-bond acceptors (Lipinski definition) is 4. The van der Waals surface area contributed by atoms with Gasteiger partial charge in [0.15, 0.2) is 0 Å². The smallest absolute Gasteiger partial charge is 0.251 e. The predicted octanol–water partition coefficient (Wildman–Crippen LogP) is 0.749. The summed E-state index contributed by atoms with van der Waals surface area (Å²) in [6.45, 7) is 2.29. The van der Waals surface area contributed by atoms with Crippen molar-refractivity contribution in [3.63, 3.8) is 0 Å². The van der Waals surface area contributed by atoms with E-state index in [1.165, 1.54) is 0 Å². The number of nitrogens with zero attached hydrogens (tertiary/aromatic N) is 2. The number of carbonyl (C=O) groups excluding carboxylic acids is 2. The normalized spacial score (nSPS) is 20.2. The van der Waals surface area contributed by atoms with E-state index in [0.29, 0.717) is 18.5 Å². The first-order chi connectivity index (χ1) is 11.6. The van der Waals surface area contributed by atoms with E-state index in [1.807, 2.05) is 31.2 Å². The fourth-order valence-corrected chi connectivity index (χ4v) is 3.08. The molecule has 126 valence electrons. The number of aromatic amines is 1. The van der Waals surface area contributed by atoms with Crippen LogP contribution in [0.3, 0.4) is 0 Å². The maximum atomic E-state index is 12.3. The van der Waals surface area contributed by atoms with Crippen molar-refractivity contribution in [1.82, 2.24) is 20.4 Å². The van der Waals surface area contributed by atoms with Gasteiger partial charge < -0.3 is 16.0 Å². The molecule has 0 radical (unpaired) electrons. The lowest BCUT2D eigenvalue weighted by molar-refractivity contribution is -0.130. The Morgan fingerprint density at radius 2 is 2.12 bits per heavy atom. The molecule has 1 aliphatic rings. The second-order valence-corrected chi connectivity index (χ2v) is 6.01. The number of nitrogens with two attached hydrogens (primary N) is 1. The van der Waals surface area contributed by atoms with Crippen molar-refractivity contribution in [2.75, 3.05) is 13.1 Å². The average molecular weight is 327 g/mol. The Morgan fingerprint density at radius 3 is 2.75 bits per heavy atom. The Kier molecular flexibility index (Phi) is 4.61. The lowest BCUT2D eigenvalue weighted by atomic mass is 10.1. The highest BCUT2D eigenvalue weighted by molar-refractivity contribution is 5.94. The molecule has 1 saturated heterocycles. The van der Waals surface area contributed by atoms with Crippen molar-refractivity contribution in [2.24, 2.45) is 5.73 Å². The van der Waals surface area contributed by atoms with Gasteiger partial charge in [0, 0.05) is 23.8 Å². The van der Waals surface area contributed by atoms with Crippen LogP contribution < -0.4 is 11.1 Å². The zero-order valence-electron chi connectivity index (χ0n) is 13.5. The lowest BCUT2D eigenvalue weighted by Crippen LogP contribution is -2.40. The fraction of sp³-hybridized carbons (Fsp3) is 0.353. The molecule has 4 N–H and O–H groups in total. The number of aryl methyl sites for hydroxylation is 1. The summed E-state index contributed by atoms with van der Waals surface area (Å²) in [6.07, 6.45) is 0.620. The number of rotatable bonds is 4. The summed E-state index contributed by atoms with van der Waals surface area (Å²) in [6, 6.07) is 10.7. The number of nitrogens with one attached hydrogen (secondary N) is 2. The van der Waals surface area contributed by atoms with Crippen LogP contribution in [0.15, 0.2) is 36.4 Å². The van der Waals surface area contributed by atoms with Gasteiger partial charge in [-0.3, -0.25) is 14.7 Å². The van der Waals surface area contributed by atoms with Crippen LogP contribution in [0.1, 0.15) is 34.2 Å². The first-order valence-corrected chi connectivity index (χ1v) is 7.96. The summed E-state index contributed by atoms with van der Waals surface area (Å²) in [7, 11) is 0. The van der Waals surface area contributed by atoms with Gasteiger partial charge in [-0.25, -0.2) is 0 Å². The summed E-state index contributed by atoms with van der Waals surface area (Å²) in [5.41, 5.74) is 7.86. The Hall–Kier alpha value is -2.67. The molecule has 1 fully saturated rings. The van der Waals surface area contributed by atoms with Crippen LogP contribution in [-0.4, -0.2) is 46.0 Å². The van der Waals surface area contributed by atoms with Crippen LogP contribution in [0.5, 0.6) is 0 Å². The van der Waals surface area contributed by atoms with Crippen LogP contribution in [-0.2, 0) is 4.79 Å². The molecule has 0 aliphatic carbocycles. The minimum absolute atomic E-state index is 0.0563. The number of H-pyrrole nitrogens is 1. The van der Waals surface area contributed by atoms with Crippen LogP contribution in [0, 0.1) is 6.92 Å². The molecule has 2 heterocycles. The van der Waals surface area contributed by atoms with Crippen molar-refractivity contribution in [3.8, 4) is 0 Å². The zero-order valence-corrected chi connectivity index (χ0v) is 13.5. The molecular formula is C17H21N5O2. The van der Waals surface area contributed by atoms with Gasteiger partial charge in [0.05, 0.1) is 18.3 Å². The largest absolute Gasteiger partial charge is 0.347 e. The molecule has 2 amide bonds. The van der Waals surface area contributed by atoms with Crippen LogP contribution in [0.4, 0.5) is 0 Å². The molecule has 3 rings (SSSR count). The highest BCUT2D eigenvalue weighted by atomic mass is 16.2. The molecule has 0 bridgehead atoms. The molecule has 24 heavy (non-hydrogen) atoms. The first kappa shape index (κ1) is 16.2. The van der Waals surface area contributed by atoms with E-state index in [2.05, 4.69) is 15.5 Å². The summed E-state index contributed by atoms with van der Waals surface area (Å²) in [5, 5.41) is 10.2. The van der Waals surface area contributed by atoms with Gasteiger partial charge >= 0.3 is 0 Å². The van der Waals surface area contributed by atoms with Crippen molar-refractivity contribution in [2.45, 2.75) is 25.4 Å². The van der Waals surface area contributed by atoms with Gasteiger partial charge in [-0.15, -0.1) is 0 Å².